The molecule has 3 nitrogen and oxygen atoms in total. The second kappa shape index (κ2) is 4.97. The number of allylic oxidation sites excluding steroid dienone is 1. The zero-order valence-electron chi connectivity index (χ0n) is 8.65. The van der Waals surface area contributed by atoms with Crippen LogP contribution in [-0.4, -0.2) is 13.4 Å². The van der Waals surface area contributed by atoms with Crippen LogP contribution in [0.25, 0.3) is 6.08 Å². The van der Waals surface area contributed by atoms with Crippen molar-refractivity contribution in [3.05, 3.63) is 34.9 Å². The number of benzene rings is 1. The Morgan fingerprint density at radius 3 is 2.80 bits per heavy atom. The fourth-order valence-corrected chi connectivity index (χ4v) is 1.20. The number of carbonyl (C=O) groups excluding carboxylic acids is 1. The van der Waals surface area contributed by atoms with Gasteiger partial charge in [-0.2, -0.15) is 5.26 Å². The van der Waals surface area contributed by atoms with Crippen molar-refractivity contribution in [2.75, 3.05) is 7.11 Å². The molecule has 0 aliphatic carbocycles. The van der Waals surface area contributed by atoms with E-state index in [4.69, 9.17) is 10.00 Å². The molecule has 0 amide bonds. The summed E-state index contributed by atoms with van der Waals surface area (Å²) in [6.07, 6.45) is 2.49. The van der Waals surface area contributed by atoms with E-state index >= 15 is 0 Å². The van der Waals surface area contributed by atoms with Crippen LogP contribution in [0.5, 0.6) is 5.75 Å². The molecule has 0 aromatic heterocycles. The van der Waals surface area contributed by atoms with Gasteiger partial charge in [-0.05, 0) is 36.3 Å². The van der Waals surface area contributed by atoms with Gasteiger partial charge in [0.1, 0.15) is 18.1 Å². The summed E-state index contributed by atoms with van der Waals surface area (Å²) in [5, 5.41) is 8.85. The van der Waals surface area contributed by atoms with Crippen molar-refractivity contribution in [3.8, 4) is 11.8 Å². The highest BCUT2D eigenvalue weighted by Crippen LogP contribution is 2.19. The fraction of sp³-hybridized carbons (Fsp3) is 0.167. The third-order valence-electron chi connectivity index (χ3n) is 1.92. The molecule has 0 radical (unpaired) electrons. The maximum Gasteiger partial charge on any atom is 0.145 e. The number of methoxy groups -OCH3 is 1. The van der Waals surface area contributed by atoms with Gasteiger partial charge >= 0.3 is 0 Å². The molecule has 76 valence electrons. The van der Waals surface area contributed by atoms with Gasteiger partial charge in [-0.3, -0.25) is 4.79 Å². The monoisotopic (exact) mass is 201 g/mol. The van der Waals surface area contributed by atoms with Crippen molar-refractivity contribution < 1.29 is 9.53 Å². The lowest BCUT2D eigenvalue weighted by molar-refractivity contribution is -0.104. The minimum absolute atomic E-state index is 0.463. The highest BCUT2D eigenvalue weighted by Gasteiger charge is 2.01. The molecule has 0 heterocycles. The van der Waals surface area contributed by atoms with Gasteiger partial charge in [-0.25, -0.2) is 0 Å². The van der Waals surface area contributed by atoms with Gasteiger partial charge in [-0.1, -0.05) is 6.07 Å². The molecule has 15 heavy (non-hydrogen) atoms. The smallest absolute Gasteiger partial charge is 0.145 e. The van der Waals surface area contributed by atoms with Crippen LogP contribution in [0.3, 0.4) is 0 Å². The summed E-state index contributed by atoms with van der Waals surface area (Å²) in [5.41, 5.74) is 1.89. The van der Waals surface area contributed by atoms with Gasteiger partial charge in [0.15, 0.2) is 0 Å². The summed E-state index contributed by atoms with van der Waals surface area (Å²) in [6, 6.07) is 7.23. The average molecular weight is 201 g/mol. The van der Waals surface area contributed by atoms with Crippen molar-refractivity contribution in [1.29, 1.82) is 5.26 Å². The molecular formula is C12H11NO2. The molecule has 0 aliphatic heterocycles. The topological polar surface area (TPSA) is 50.1 Å². The number of hydrogen-bond donors (Lipinski definition) is 0. The second-order valence-corrected chi connectivity index (χ2v) is 3.08. The molecule has 0 unspecified atom stereocenters. The Labute approximate surface area is 88.6 Å². The van der Waals surface area contributed by atoms with Crippen LogP contribution in [-0.2, 0) is 4.79 Å². The first-order valence-electron chi connectivity index (χ1n) is 4.43. The Morgan fingerprint density at radius 1 is 1.53 bits per heavy atom. The van der Waals surface area contributed by atoms with Crippen molar-refractivity contribution in [3.63, 3.8) is 0 Å². The van der Waals surface area contributed by atoms with Crippen LogP contribution in [0.15, 0.2) is 23.8 Å². The van der Waals surface area contributed by atoms with E-state index in [1.165, 1.54) is 7.11 Å². The van der Waals surface area contributed by atoms with Gasteiger partial charge < -0.3 is 4.74 Å². The molecular weight excluding hydrogens is 190 g/mol. The van der Waals surface area contributed by atoms with E-state index in [2.05, 4.69) is 0 Å². The van der Waals surface area contributed by atoms with Gasteiger partial charge in [0.25, 0.3) is 0 Å². The number of hydrogen-bond acceptors (Lipinski definition) is 3. The van der Waals surface area contributed by atoms with E-state index in [0.29, 0.717) is 16.9 Å². The first-order chi connectivity index (χ1) is 7.21. The Hall–Kier alpha value is -2.08. The molecule has 0 bridgehead atoms. The first-order valence-corrected chi connectivity index (χ1v) is 4.43. The second-order valence-electron chi connectivity index (χ2n) is 3.08. The van der Waals surface area contributed by atoms with Gasteiger partial charge in [0.05, 0.1) is 12.7 Å². The minimum Gasteiger partial charge on any atom is -0.495 e. The first kappa shape index (κ1) is 11.0. The van der Waals surface area contributed by atoms with E-state index in [1.807, 2.05) is 6.07 Å². The predicted molar refractivity (Wildman–Crippen MR) is 57.4 cm³/mol. The maximum atomic E-state index is 10.4. The largest absolute Gasteiger partial charge is 0.495 e. The van der Waals surface area contributed by atoms with Gasteiger partial charge in [-0.15, -0.1) is 0 Å². The number of carbonyl (C=O) groups is 1. The fourth-order valence-electron chi connectivity index (χ4n) is 1.20. The Balaban J connectivity index is 3.15. The van der Waals surface area contributed by atoms with Crippen LogP contribution >= 0.6 is 0 Å². The molecule has 3 heteroatoms. The molecule has 1 aromatic rings. The van der Waals surface area contributed by atoms with E-state index in [0.717, 1.165) is 11.8 Å². The number of rotatable bonds is 3. The molecule has 1 rings (SSSR count). The van der Waals surface area contributed by atoms with Crippen LogP contribution in [0.1, 0.15) is 18.1 Å². The Bertz CT molecular complexity index is 441. The normalized spacial score (nSPS) is 10.6. The van der Waals surface area contributed by atoms with E-state index in [1.54, 1.807) is 31.2 Å². The summed E-state index contributed by atoms with van der Waals surface area (Å²) in [4.78, 5) is 10.4. The molecule has 0 spiro atoms. The van der Waals surface area contributed by atoms with Gasteiger partial charge in [0.2, 0.25) is 0 Å². The zero-order chi connectivity index (χ0) is 11.3. The third kappa shape index (κ3) is 2.68. The highest BCUT2D eigenvalue weighted by molar-refractivity contribution is 5.81. The summed E-state index contributed by atoms with van der Waals surface area (Å²) < 4.78 is 5.01. The van der Waals surface area contributed by atoms with Crippen LogP contribution in [0, 0.1) is 11.3 Å². The quantitative estimate of drug-likeness (QED) is 0.556. The molecule has 0 atom stereocenters. The molecule has 1 aromatic carbocycles. The standard InChI is InChI=1S/C12H11NO2/c1-9(8-14)5-10-3-4-12(15-2)11(6-10)7-13/h3-6,8H,1-2H3. The molecule has 0 fully saturated rings. The van der Waals surface area contributed by atoms with Crippen molar-refractivity contribution in [1.82, 2.24) is 0 Å². The average Bonchev–Trinajstić information content (AvgIpc) is 2.28. The molecule has 0 saturated carbocycles. The third-order valence-corrected chi connectivity index (χ3v) is 1.92. The highest BCUT2D eigenvalue weighted by atomic mass is 16.5. The lowest BCUT2D eigenvalue weighted by atomic mass is 10.1. The number of nitriles is 1. The summed E-state index contributed by atoms with van der Waals surface area (Å²) in [6.45, 7) is 1.71. The van der Waals surface area contributed by atoms with Crippen LogP contribution in [0.2, 0.25) is 0 Å². The summed E-state index contributed by atoms with van der Waals surface area (Å²) in [5.74, 6) is 0.540. The summed E-state index contributed by atoms with van der Waals surface area (Å²) >= 11 is 0. The maximum absolute atomic E-state index is 10.4. The minimum atomic E-state index is 0.463. The Morgan fingerprint density at radius 2 is 2.27 bits per heavy atom. The van der Waals surface area contributed by atoms with Crippen molar-refractivity contribution in [2.45, 2.75) is 6.92 Å². The zero-order valence-corrected chi connectivity index (χ0v) is 8.65. The SMILES string of the molecule is COc1ccc(C=C(C)C=O)cc1C#N. The van der Waals surface area contributed by atoms with E-state index in [-0.39, 0.29) is 0 Å². The lowest BCUT2D eigenvalue weighted by Crippen LogP contribution is -1.88. The van der Waals surface area contributed by atoms with Crippen LogP contribution in [0.4, 0.5) is 0 Å². The number of aldehydes is 1. The summed E-state index contributed by atoms with van der Waals surface area (Å²) in [7, 11) is 1.52. The predicted octanol–water partition coefficient (Wildman–Crippen LogP) is 2.17. The van der Waals surface area contributed by atoms with E-state index < -0.39 is 0 Å². The van der Waals surface area contributed by atoms with E-state index in [9.17, 15) is 4.79 Å². The van der Waals surface area contributed by atoms with Crippen molar-refractivity contribution >= 4 is 12.4 Å². The molecule has 0 aliphatic rings. The van der Waals surface area contributed by atoms with Crippen LogP contribution < -0.4 is 4.74 Å². The lowest BCUT2D eigenvalue weighted by Gasteiger charge is -2.02. The molecule has 0 N–H and O–H groups in total. The van der Waals surface area contributed by atoms with Gasteiger partial charge in [0, 0.05) is 0 Å². The Kier molecular flexibility index (Phi) is 3.64. The number of ether oxygens (including phenoxy) is 1. The molecule has 0 saturated heterocycles. The number of nitrogens with zero attached hydrogens (tertiary/aromatic N) is 1. The van der Waals surface area contributed by atoms with Crippen molar-refractivity contribution in [2.24, 2.45) is 0 Å².